The van der Waals surface area contributed by atoms with Crippen LogP contribution in [0.25, 0.3) is 0 Å². The fraction of sp³-hybridized carbons (Fsp3) is 0.111. The second-order valence-corrected chi connectivity index (χ2v) is 3.20. The van der Waals surface area contributed by atoms with E-state index in [9.17, 15) is 4.21 Å². The van der Waals surface area contributed by atoms with E-state index < -0.39 is 11.3 Å². The molecule has 2 N–H and O–H groups in total. The first-order valence-electron chi connectivity index (χ1n) is 3.62. The second-order valence-electron chi connectivity index (χ2n) is 2.41. The molecule has 0 heterocycles. The highest BCUT2D eigenvalue weighted by Gasteiger charge is 1.94. The van der Waals surface area contributed by atoms with Gasteiger partial charge < -0.3 is 0 Å². The van der Waals surface area contributed by atoms with Gasteiger partial charge >= 0.3 is 0 Å². The molecule has 0 spiro atoms. The Hall–Kier alpha value is -1.15. The van der Waals surface area contributed by atoms with Gasteiger partial charge in [0.25, 0.3) is 0 Å². The van der Waals surface area contributed by atoms with Crippen LogP contribution in [0.3, 0.4) is 0 Å². The standard InChI is InChI=1S/C9H9NO2S/c1-2-8-3-5-9(6-4-8)7-10-13(11)12/h1,3-6,10H,7H2,(H,11,12). The lowest BCUT2D eigenvalue weighted by atomic mass is 10.1. The first-order chi connectivity index (χ1) is 6.22. The third-order valence-corrected chi connectivity index (χ3v) is 1.91. The number of nitrogens with one attached hydrogen (secondary N) is 1. The molecule has 13 heavy (non-hydrogen) atoms. The summed E-state index contributed by atoms with van der Waals surface area (Å²) < 4.78 is 21.1. The molecule has 0 amide bonds. The molecular weight excluding hydrogens is 186 g/mol. The van der Waals surface area contributed by atoms with Gasteiger partial charge in [0.1, 0.15) is 0 Å². The van der Waals surface area contributed by atoms with Crippen molar-refractivity contribution in [2.45, 2.75) is 6.54 Å². The number of rotatable bonds is 3. The zero-order valence-electron chi connectivity index (χ0n) is 6.86. The van der Waals surface area contributed by atoms with E-state index in [0.717, 1.165) is 11.1 Å². The van der Waals surface area contributed by atoms with Gasteiger partial charge in [-0.25, -0.2) is 8.93 Å². The summed E-state index contributed by atoms with van der Waals surface area (Å²) in [4.78, 5) is 0. The van der Waals surface area contributed by atoms with Gasteiger partial charge in [0, 0.05) is 12.1 Å². The molecule has 1 rings (SSSR count). The van der Waals surface area contributed by atoms with Crippen LogP contribution in [0, 0.1) is 12.3 Å². The van der Waals surface area contributed by atoms with Gasteiger partial charge in [-0.15, -0.1) is 6.42 Å². The summed E-state index contributed by atoms with van der Waals surface area (Å²) in [6, 6.07) is 7.21. The minimum atomic E-state index is -1.96. The fourth-order valence-corrected chi connectivity index (χ4v) is 1.15. The van der Waals surface area contributed by atoms with E-state index in [1.54, 1.807) is 12.1 Å². The van der Waals surface area contributed by atoms with Crippen LogP contribution in [0.5, 0.6) is 0 Å². The molecule has 0 aromatic heterocycles. The Morgan fingerprint density at radius 1 is 1.46 bits per heavy atom. The Morgan fingerprint density at radius 2 is 2.08 bits per heavy atom. The van der Waals surface area contributed by atoms with Gasteiger partial charge in [0.2, 0.25) is 11.3 Å². The van der Waals surface area contributed by atoms with E-state index in [2.05, 4.69) is 10.6 Å². The van der Waals surface area contributed by atoms with Crippen molar-refractivity contribution < 1.29 is 8.76 Å². The van der Waals surface area contributed by atoms with Crippen molar-refractivity contribution in [2.24, 2.45) is 0 Å². The maximum absolute atomic E-state index is 10.3. The van der Waals surface area contributed by atoms with Crippen molar-refractivity contribution in [1.29, 1.82) is 0 Å². The summed E-state index contributed by atoms with van der Waals surface area (Å²) in [6.45, 7) is 0.355. The molecule has 1 aromatic carbocycles. The molecule has 1 aromatic rings. The zero-order valence-corrected chi connectivity index (χ0v) is 7.67. The predicted octanol–water partition coefficient (Wildman–Crippen LogP) is 0.894. The van der Waals surface area contributed by atoms with Gasteiger partial charge in [-0.1, -0.05) is 18.1 Å². The maximum Gasteiger partial charge on any atom is 0.232 e. The number of benzene rings is 1. The molecule has 0 radical (unpaired) electrons. The molecule has 68 valence electrons. The van der Waals surface area contributed by atoms with E-state index in [1.807, 2.05) is 12.1 Å². The lowest BCUT2D eigenvalue weighted by Crippen LogP contribution is -2.15. The predicted molar refractivity (Wildman–Crippen MR) is 52.0 cm³/mol. The van der Waals surface area contributed by atoms with Crippen LogP contribution in [-0.4, -0.2) is 8.76 Å². The van der Waals surface area contributed by atoms with Crippen LogP contribution in [0.1, 0.15) is 11.1 Å². The van der Waals surface area contributed by atoms with Gasteiger partial charge in [-0.05, 0) is 17.7 Å². The molecule has 4 heteroatoms. The van der Waals surface area contributed by atoms with Gasteiger partial charge in [0.05, 0.1) is 0 Å². The molecule has 3 nitrogen and oxygen atoms in total. The SMILES string of the molecule is C#Cc1ccc(CNS(=O)O)cc1. The Morgan fingerprint density at radius 3 is 2.54 bits per heavy atom. The third kappa shape index (κ3) is 3.38. The summed E-state index contributed by atoms with van der Waals surface area (Å²) in [5, 5.41) is 0. The Bertz CT molecular complexity index is 340. The summed E-state index contributed by atoms with van der Waals surface area (Å²) in [5.41, 5.74) is 1.72. The zero-order chi connectivity index (χ0) is 9.68. The van der Waals surface area contributed by atoms with Crippen LogP contribution in [-0.2, 0) is 17.8 Å². The number of terminal acetylenes is 1. The van der Waals surface area contributed by atoms with E-state index in [-0.39, 0.29) is 0 Å². The van der Waals surface area contributed by atoms with E-state index in [4.69, 9.17) is 11.0 Å². The topological polar surface area (TPSA) is 49.3 Å². The lowest BCUT2D eigenvalue weighted by Gasteiger charge is -1.99. The summed E-state index contributed by atoms with van der Waals surface area (Å²) in [6.07, 6.45) is 5.17. The quantitative estimate of drug-likeness (QED) is 0.556. The molecule has 0 bridgehead atoms. The summed E-state index contributed by atoms with van der Waals surface area (Å²) >= 11 is -1.96. The van der Waals surface area contributed by atoms with Gasteiger partial charge in [0.15, 0.2) is 0 Å². The number of hydrogen-bond acceptors (Lipinski definition) is 1. The highest BCUT2D eigenvalue weighted by Crippen LogP contribution is 2.02. The molecule has 0 aliphatic carbocycles. The van der Waals surface area contributed by atoms with E-state index in [0.29, 0.717) is 6.54 Å². The smallest absolute Gasteiger partial charge is 0.232 e. The average Bonchev–Trinajstić information content (AvgIpc) is 2.15. The molecule has 0 aliphatic heterocycles. The monoisotopic (exact) mass is 195 g/mol. The third-order valence-electron chi connectivity index (χ3n) is 1.52. The van der Waals surface area contributed by atoms with Crippen molar-refractivity contribution >= 4 is 11.3 Å². The van der Waals surface area contributed by atoms with Crippen LogP contribution >= 0.6 is 0 Å². The second kappa shape index (κ2) is 4.77. The first kappa shape index (κ1) is 9.93. The van der Waals surface area contributed by atoms with Crippen molar-refractivity contribution in [3.8, 4) is 12.3 Å². The molecule has 0 saturated carbocycles. The van der Waals surface area contributed by atoms with Crippen LogP contribution in [0.4, 0.5) is 0 Å². The van der Waals surface area contributed by atoms with Crippen molar-refractivity contribution in [3.63, 3.8) is 0 Å². The van der Waals surface area contributed by atoms with Gasteiger partial charge in [-0.2, -0.15) is 0 Å². The minimum absolute atomic E-state index is 0.355. The molecule has 0 aliphatic rings. The highest BCUT2D eigenvalue weighted by atomic mass is 32.2. The van der Waals surface area contributed by atoms with Crippen LogP contribution < -0.4 is 4.72 Å². The first-order valence-corrected chi connectivity index (χ1v) is 4.73. The molecule has 0 saturated heterocycles. The average molecular weight is 195 g/mol. The molecule has 1 unspecified atom stereocenters. The van der Waals surface area contributed by atoms with Crippen molar-refractivity contribution in [1.82, 2.24) is 4.72 Å². The molecular formula is C9H9NO2S. The minimum Gasteiger partial charge on any atom is -0.294 e. The Balaban J connectivity index is 2.60. The molecule has 1 atom stereocenters. The summed E-state index contributed by atoms with van der Waals surface area (Å²) in [5.74, 6) is 2.49. The van der Waals surface area contributed by atoms with Crippen molar-refractivity contribution in [3.05, 3.63) is 35.4 Å². The maximum atomic E-state index is 10.3. The van der Waals surface area contributed by atoms with E-state index >= 15 is 0 Å². The lowest BCUT2D eigenvalue weighted by molar-refractivity contribution is 0.548. The highest BCUT2D eigenvalue weighted by molar-refractivity contribution is 7.77. The summed E-state index contributed by atoms with van der Waals surface area (Å²) in [7, 11) is 0. The van der Waals surface area contributed by atoms with Crippen LogP contribution in [0.2, 0.25) is 0 Å². The Kier molecular flexibility index (Phi) is 3.65. The van der Waals surface area contributed by atoms with E-state index in [1.165, 1.54) is 0 Å². The van der Waals surface area contributed by atoms with Gasteiger partial charge in [-0.3, -0.25) is 4.55 Å². The normalized spacial score (nSPS) is 12.0. The van der Waals surface area contributed by atoms with Crippen LogP contribution in [0.15, 0.2) is 24.3 Å². The Labute approximate surface area is 79.6 Å². The molecule has 0 fully saturated rings. The largest absolute Gasteiger partial charge is 0.294 e. The fourth-order valence-electron chi connectivity index (χ4n) is 0.864. The number of hydrogen-bond donors (Lipinski definition) is 2. The van der Waals surface area contributed by atoms with Crippen molar-refractivity contribution in [2.75, 3.05) is 0 Å².